The van der Waals surface area contributed by atoms with E-state index in [9.17, 15) is 4.79 Å². The van der Waals surface area contributed by atoms with Crippen molar-refractivity contribution in [2.75, 3.05) is 25.0 Å². The van der Waals surface area contributed by atoms with Gasteiger partial charge < -0.3 is 15.5 Å². The lowest BCUT2D eigenvalue weighted by Crippen LogP contribution is -2.41. The molecule has 0 radical (unpaired) electrons. The molecule has 2 aliphatic rings. The molecular formula is C18H24N4O. The summed E-state index contributed by atoms with van der Waals surface area (Å²) in [6.45, 7) is 3.80. The zero-order valence-electron chi connectivity index (χ0n) is 13.6. The number of nitrogens with zero attached hydrogens (tertiary/aromatic N) is 1. The van der Waals surface area contributed by atoms with Crippen molar-refractivity contribution in [3.05, 3.63) is 41.6 Å². The monoisotopic (exact) mass is 312 g/mol. The van der Waals surface area contributed by atoms with Crippen molar-refractivity contribution in [2.24, 2.45) is 5.92 Å². The van der Waals surface area contributed by atoms with E-state index in [0.717, 1.165) is 42.4 Å². The lowest BCUT2D eigenvalue weighted by molar-refractivity contribution is -0.128. The molecule has 3 rings (SSSR count). The zero-order valence-corrected chi connectivity index (χ0v) is 13.6. The molecule has 0 atom stereocenters. The summed E-state index contributed by atoms with van der Waals surface area (Å²) in [6, 6.07) is 9.72. The van der Waals surface area contributed by atoms with Crippen LogP contribution in [-0.4, -0.2) is 36.3 Å². The average Bonchev–Trinajstić information content (AvgIpc) is 3.38. The van der Waals surface area contributed by atoms with E-state index in [1.807, 2.05) is 30.3 Å². The van der Waals surface area contributed by atoms with Gasteiger partial charge in [0.15, 0.2) is 0 Å². The number of carbonyl (C=O) groups excluding carboxylic acids is 1. The molecule has 1 fully saturated rings. The minimum Gasteiger partial charge on any atom is -0.388 e. The highest BCUT2D eigenvalue weighted by molar-refractivity contribution is 6.07. The fourth-order valence-corrected chi connectivity index (χ4v) is 2.79. The number of hydrogen-bond donors (Lipinski definition) is 3. The van der Waals surface area contributed by atoms with Gasteiger partial charge in [-0.25, -0.2) is 0 Å². The number of hydrogen-bond acceptors (Lipinski definition) is 3. The number of amides is 1. The van der Waals surface area contributed by atoms with Crippen LogP contribution in [0.1, 0.15) is 26.2 Å². The molecular weight excluding hydrogens is 288 g/mol. The quantitative estimate of drug-likeness (QED) is 0.578. The number of benzene rings is 1. The maximum Gasteiger partial charge on any atom is 0.219 e. The molecule has 3 N–H and O–H groups in total. The Kier molecular flexibility index (Phi) is 4.65. The van der Waals surface area contributed by atoms with E-state index in [2.05, 4.69) is 10.6 Å². The predicted molar refractivity (Wildman–Crippen MR) is 92.4 cm³/mol. The third-order valence-electron chi connectivity index (χ3n) is 4.44. The fraction of sp³-hybridized carbons (Fsp3) is 0.444. The van der Waals surface area contributed by atoms with Gasteiger partial charge in [0, 0.05) is 43.4 Å². The summed E-state index contributed by atoms with van der Waals surface area (Å²) in [4.78, 5) is 13.5. The third-order valence-corrected chi connectivity index (χ3v) is 4.44. The second-order valence-corrected chi connectivity index (χ2v) is 6.34. The normalized spacial score (nSPS) is 17.9. The average molecular weight is 312 g/mol. The summed E-state index contributed by atoms with van der Waals surface area (Å²) in [7, 11) is 0. The van der Waals surface area contributed by atoms with Gasteiger partial charge >= 0.3 is 0 Å². The van der Waals surface area contributed by atoms with Gasteiger partial charge in [-0.1, -0.05) is 18.2 Å². The number of anilines is 1. The van der Waals surface area contributed by atoms with Crippen LogP contribution in [0.5, 0.6) is 0 Å². The van der Waals surface area contributed by atoms with Gasteiger partial charge in [-0.3, -0.25) is 10.2 Å². The van der Waals surface area contributed by atoms with Gasteiger partial charge in [0.05, 0.1) is 6.54 Å². The zero-order chi connectivity index (χ0) is 16.2. The Morgan fingerprint density at radius 1 is 1.30 bits per heavy atom. The van der Waals surface area contributed by atoms with Crippen LogP contribution in [0.25, 0.3) is 0 Å². The molecule has 23 heavy (non-hydrogen) atoms. The highest BCUT2D eigenvalue weighted by Crippen LogP contribution is 2.28. The predicted octanol–water partition coefficient (Wildman–Crippen LogP) is 2.58. The summed E-state index contributed by atoms with van der Waals surface area (Å²) >= 11 is 0. The van der Waals surface area contributed by atoms with Gasteiger partial charge in [0.25, 0.3) is 0 Å². The molecule has 1 aromatic rings. The highest BCUT2D eigenvalue weighted by atomic mass is 16.2. The van der Waals surface area contributed by atoms with Crippen molar-refractivity contribution < 1.29 is 4.79 Å². The first kappa shape index (κ1) is 15.6. The molecule has 1 heterocycles. The Balaban J connectivity index is 1.75. The van der Waals surface area contributed by atoms with Crippen molar-refractivity contribution in [3.63, 3.8) is 0 Å². The van der Waals surface area contributed by atoms with Crippen LogP contribution < -0.4 is 10.6 Å². The Morgan fingerprint density at radius 3 is 2.70 bits per heavy atom. The molecule has 1 saturated carbocycles. The van der Waals surface area contributed by atoms with Gasteiger partial charge in [-0.05, 0) is 30.9 Å². The SMILES string of the molecule is CC(=O)N1CCC(NCC2CC2)=C(C(=N)Nc2ccccc2)C1. The number of carbonyl (C=O) groups is 1. The van der Waals surface area contributed by atoms with Crippen LogP contribution in [0.2, 0.25) is 0 Å². The molecule has 0 unspecified atom stereocenters. The first-order valence-corrected chi connectivity index (χ1v) is 8.26. The number of rotatable bonds is 5. The van der Waals surface area contributed by atoms with Crippen LogP contribution in [0, 0.1) is 11.3 Å². The third kappa shape index (κ3) is 4.12. The molecule has 0 bridgehead atoms. The lowest BCUT2D eigenvalue weighted by Gasteiger charge is -2.31. The largest absolute Gasteiger partial charge is 0.388 e. The first-order valence-electron chi connectivity index (χ1n) is 8.26. The maximum absolute atomic E-state index is 11.7. The minimum atomic E-state index is 0.0660. The Morgan fingerprint density at radius 2 is 2.04 bits per heavy atom. The summed E-state index contributed by atoms with van der Waals surface area (Å²) in [5.41, 5.74) is 2.91. The molecule has 5 nitrogen and oxygen atoms in total. The summed E-state index contributed by atoms with van der Waals surface area (Å²) < 4.78 is 0. The second-order valence-electron chi connectivity index (χ2n) is 6.34. The van der Waals surface area contributed by atoms with Crippen molar-refractivity contribution in [1.29, 1.82) is 5.41 Å². The van der Waals surface area contributed by atoms with E-state index in [4.69, 9.17) is 5.41 Å². The van der Waals surface area contributed by atoms with Crippen LogP contribution >= 0.6 is 0 Å². The minimum absolute atomic E-state index is 0.0660. The number of para-hydroxylation sites is 1. The topological polar surface area (TPSA) is 68.2 Å². The van der Waals surface area contributed by atoms with Gasteiger partial charge in [0.2, 0.25) is 5.91 Å². The Hall–Kier alpha value is -2.30. The fourth-order valence-electron chi connectivity index (χ4n) is 2.79. The van der Waals surface area contributed by atoms with Crippen molar-refractivity contribution in [2.45, 2.75) is 26.2 Å². The van der Waals surface area contributed by atoms with Crippen molar-refractivity contribution in [3.8, 4) is 0 Å². The summed E-state index contributed by atoms with van der Waals surface area (Å²) in [6.07, 6.45) is 3.39. The maximum atomic E-state index is 11.7. The number of nitrogens with one attached hydrogen (secondary N) is 3. The molecule has 1 aromatic carbocycles. The van der Waals surface area contributed by atoms with E-state index in [-0.39, 0.29) is 5.91 Å². The van der Waals surface area contributed by atoms with E-state index >= 15 is 0 Å². The molecule has 1 aliphatic carbocycles. The molecule has 122 valence electrons. The lowest BCUT2D eigenvalue weighted by atomic mass is 10.0. The number of amidine groups is 1. The van der Waals surface area contributed by atoms with E-state index in [1.165, 1.54) is 12.8 Å². The van der Waals surface area contributed by atoms with Crippen molar-refractivity contribution in [1.82, 2.24) is 10.2 Å². The molecule has 0 spiro atoms. The van der Waals surface area contributed by atoms with Crippen LogP contribution in [-0.2, 0) is 4.79 Å². The van der Waals surface area contributed by atoms with Gasteiger partial charge in [-0.15, -0.1) is 0 Å². The molecule has 1 amide bonds. The van der Waals surface area contributed by atoms with Gasteiger partial charge in [-0.2, -0.15) is 0 Å². The summed E-state index contributed by atoms with van der Waals surface area (Å²) in [5, 5.41) is 15.1. The van der Waals surface area contributed by atoms with E-state index in [1.54, 1.807) is 11.8 Å². The Labute approximate surface area is 137 Å². The first-order chi connectivity index (χ1) is 11.1. The van der Waals surface area contributed by atoms with Crippen LogP contribution in [0.15, 0.2) is 41.6 Å². The highest BCUT2D eigenvalue weighted by Gasteiger charge is 2.26. The molecule has 0 saturated heterocycles. The van der Waals surface area contributed by atoms with Crippen molar-refractivity contribution >= 4 is 17.4 Å². The smallest absolute Gasteiger partial charge is 0.219 e. The standard InChI is InChI=1S/C18H24N4O/c1-13(23)22-10-9-17(20-11-14-7-8-14)16(12-22)18(19)21-15-5-3-2-4-6-15/h2-6,14,20H,7-12H2,1H3,(H2,19,21). The van der Waals surface area contributed by atoms with E-state index in [0.29, 0.717) is 12.4 Å². The Bertz CT molecular complexity index is 619. The van der Waals surface area contributed by atoms with Crippen LogP contribution in [0.4, 0.5) is 5.69 Å². The molecule has 0 aromatic heterocycles. The second kappa shape index (κ2) is 6.86. The molecule has 1 aliphatic heterocycles. The summed E-state index contributed by atoms with van der Waals surface area (Å²) in [5.74, 6) is 1.22. The van der Waals surface area contributed by atoms with Crippen LogP contribution in [0.3, 0.4) is 0 Å². The van der Waals surface area contributed by atoms with E-state index < -0.39 is 0 Å². The molecule has 5 heteroatoms. The van der Waals surface area contributed by atoms with Gasteiger partial charge in [0.1, 0.15) is 5.84 Å².